The number of aliphatic imine (C=N–C) groups is 1. The first-order valence-corrected chi connectivity index (χ1v) is 9.37. The third-order valence-corrected chi connectivity index (χ3v) is 4.49. The molecule has 0 atom stereocenters. The van der Waals surface area contributed by atoms with Gasteiger partial charge >= 0.3 is 5.97 Å². The summed E-state index contributed by atoms with van der Waals surface area (Å²) in [5, 5.41) is 4.88. The van der Waals surface area contributed by atoms with Crippen molar-refractivity contribution in [3.05, 3.63) is 76.1 Å². The number of aromatic nitrogens is 1. The quantitative estimate of drug-likeness (QED) is 0.557. The molecule has 0 bridgehead atoms. The Kier molecular flexibility index (Phi) is 6.26. The van der Waals surface area contributed by atoms with Crippen molar-refractivity contribution in [2.75, 3.05) is 6.61 Å². The van der Waals surface area contributed by atoms with E-state index >= 15 is 0 Å². The van der Waals surface area contributed by atoms with E-state index in [1.54, 1.807) is 6.92 Å². The summed E-state index contributed by atoms with van der Waals surface area (Å²) in [7, 11) is 0. The maximum Gasteiger partial charge on any atom is 0.302 e. The summed E-state index contributed by atoms with van der Waals surface area (Å²) >= 11 is 6.00. The van der Waals surface area contributed by atoms with Gasteiger partial charge in [0.05, 0.1) is 24.4 Å². The van der Waals surface area contributed by atoms with Crippen LogP contribution in [0.5, 0.6) is 0 Å². The molecule has 5 nitrogen and oxygen atoms in total. The highest BCUT2D eigenvalue weighted by molar-refractivity contribution is 6.30. The molecule has 0 N–H and O–H groups in total. The molecular formula is C22H21ClN2O3. The predicted octanol–water partition coefficient (Wildman–Crippen LogP) is 5.22. The molecule has 1 aliphatic rings. The van der Waals surface area contributed by atoms with Crippen molar-refractivity contribution in [3.8, 4) is 11.1 Å². The van der Waals surface area contributed by atoms with Gasteiger partial charge in [-0.05, 0) is 31.5 Å². The zero-order valence-electron chi connectivity index (χ0n) is 16.0. The van der Waals surface area contributed by atoms with Gasteiger partial charge in [0.15, 0.2) is 0 Å². The second-order valence-electron chi connectivity index (χ2n) is 6.20. The van der Waals surface area contributed by atoms with E-state index in [9.17, 15) is 4.79 Å². The summed E-state index contributed by atoms with van der Waals surface area (Å²) in [5.41, 5.74) is 6.16. The first kappa shape index (κ1) is 19.8. The molecular weight excluding hydrogens is 376 g/mol. The van der Waals surface area contributed by atoms with Crippen molar-refractivity contribution in [2.24, 2.45) is 4.99 Å². The van der Waals surface area contributed by atoms with Crippen LogP contribution in [0.3, 0.4) is 0 Å². The Bertz CT molecular complexity index is 1010. The molecule has 1 aromatic heterocycles. The summed E-state index contributed by atoms with van der Waals surface area (Å²) in [4.78, 5) is 14.6. The normalized spacial score (nSPS) is 11.9. The summed E-state index contributed by atoms with van der Waals surface area (Å²) in [6.45, 7) is 6.11. The first-order chi connectivity index (χ1) is 13.5. The lowest BCUT2D eigenvalue weighted by Gasteiger charge is -2.10. The number of hydrogen-bond acceptors (Lipinski definition) is 5. The minimum Gasteiger partial charge on any atom is -0.466 e. The second kappa shape index (κ2) is 8.85. The Hall–Kier alpha value is -2.92. The molecule has 0 fully saturated rings. The molecule has 3 aromatic rings. The van der Waals surface area contributed by atoms with Gasteiger partial charge in [0.1, 0.15) is 11.5 Å². The maximum atomic E-state index is 9.82. The van der Waals surface area contributed by atoms with Gasteiger partial charge in [0, 0.05) is 23.1 Å². The number of aryl methyl sites for hydroxylation is 1. The number of rotatable bonds is 2. The highest BCUT2D eigenvalue weighted by Gasteiger charge is 2.23. The van der Waals surface area contributed by atoms with E-state index in [-0.39, 0.29) is 5.97 Å². The third-order valence-electron chi connectivity index (χ3n) is 4.24. The van der Waals surface area contributed by atoms with Gasteiger partial charge in [0.2, 0.25) is 0 Å². The van der Waals surface area contributed by atoms with Crippen LogP contribution in [0.2, 0.25) is 5.02 Å². The van der Waals surface area contributed by atoms with Gasteiger partial charge in [-0.15, -0.1) is 0 Å². The number of benzene rings is 2. The summed E-state index contributed by atoms with van der Waals surface area (Å²) in [6, 6.07) is 16.0. The molecule has 0 unspecified atom stereocenters. The average molecular weight is 397 g/mol. The maximum absolute atomic E-state index is 9.82. The van der Waals surface area contributed by atoms with E-state index in [2.05, 4.69) is 22.0 Å². The number of carbonyl (C=O) groups excluding carboxylic acids is 1. The fourth-order valence-corrected chi connectivity index (χ4v) is 3.20. The molecule has 0 aliphatic carbocycles. The van der Waals surface area contributed by atoms with Crippen LogP contribution in [0, 0.1) is 6.92 Å². The van der Waals surface area contributed by atoms with Gasteiger partial charge in [-0.3, -0.25) is 9.79 Å². The number of esters is 1. The van der Waals surface area contributed by atoms with Crippen molar-refractivity contribution in [3.63, 3.8) is 0 Å². The number of ether oxygens (including phenoxy) is 1. The van der Waals surface area contributed by atoms with Gasteiger partial charge in [-0.1, -0.05) is 53.2 Å². The molecule has 2 aromatic carbocycles. The number of halogens is 1. The molecule has 1 aliphatic heterocycles. The Labute approximate surface area is 169 Å². The molecule has 28 heavy (non-hydrogen) atoms. The van der Waals surface area contributed by atoms with Crippen LogP contribution in [0.15, 0.2) is 58.0 Å². The van der Waals surface area contributed by atoms with Crippen molar-refractivity contribution in [1.29, 1.82) is 0 Å². The topological polar surface area (TPSA) is 64.7 Å². The highest BCUT2D eigenvalue weighted by atomic mass is 35.5. The minimum absolute atomic E-state index is 0.211. The van der Waals surface area contributed by atoms with E-state index in [1.165, 1.54) is 6.92 Å². The van der Waals surface area contributed by atoms with Crippen molar-refractivity contribution in [2.45, 2.75) is 27.3 Å². The average Bonchev–Trinajstić information content (AvgIpc) is 2.95. The zero-order valence-corrected chi connectivity index (χ0v) is 16.8. The van der Waals surface area contributed by atoms with Gasteiger partial charge in [-0.25, -0.2) is 0 Å². The highest BCUT2D eigenvalue weighted by Crippen LogP contribution is 2.34. The summed E-state index contributed by atoms with van der Waals surface area (Å²) in [6.07, 6.45) is 0. The molecule has 144 valence electrons. The number of fused-ring (bicyclic) bond motifs is 3. The standard InChI is InChI=1S/C18H13ClN2O.C4H8O2/c1-11-17-14-4-2-3-5-15(14)18(20-10-16(17)21-22-11)12-6-8-13(19)9-7-12;1-3-6-4(2)5/h2-9H,10H2,1H3;3H2,1-2H3. The van der Waals surface area contributed by atoms with Crippen LogP contribution < -0.4 is 0 Å². The lowest BCUT2D eigenvalue weighted by Crippen LogP contribution is -2.04. The lowest BCUT2D eigenvalue weighted by molar-refractivity contribution is -0.140. The van der Waals surface area contributed by atoms with Crippen LogP contribution in [0.1, 0.15) is 36.4 Å². The van der Waals surface area contributed by atoms with Crippen LogP contribution in [-0.4, -0.2) is 23.4 Å². The molecule has 2 heterocycles. The molecule has 0 spiro atoms. The third kappa shape index (κ3) is 4.31. The van der Waals surface area contributed by atoms with E-state index in [0.29, 0.717) is 13.2 Å². The van der Waals surface area contributed by atoms with E-state index in [1.807, 2.05) is 43.3 Å². The number of hydrogen-bond donors (Lipinski definition) is 0. The van der Waals surface area contributed by atoms with E-state index in [0.717, 1.165) is 44.4 Å². The Balaban J connectivity index is 0.000000330. The fraction of sp³-hybridized carbons (Fsp3) is 0.227. The predicted molar refractivity (Wildman–Crippen MR) is 110 cm³/mol. The minimum atomic E-state index is -0.211. The van der Waals surface area contributed by atoms with Gasteiger partial charge in [-0.2, -0.15) is 0 Å². The van der Waals surface area contributed by atoms with Crippen molar-refractivity contribution in [1.82, 2.24) is 5.16 Å². The molecule has 0 saturated carbocycles. The van der Waals surface area contributed by atoms with Crippen molar-refractivity contribution >= 4 is 23.3 Å². The largest absolute Gasteiger partial charge is 0.466 e. The number of nitrogens with zero attached hydrogens (tertiary/aromatic N) is 2. The fourth-order valence-electron chi connectivity index (χ4n) is 3.08. The van der Waals surface area contributed by atoms with Crippen LogP contribution >= 0.6 is 11.6 Å². The second-order valence-corrected chi connectivity index (χ2v) is 6.64. The lowest BCUT2D eigenvalue weighted by atomic mass is 9.93. The Morgan fingerprint density at radius 3 is 2.43 bits per heavy atom. The van der Waals surface area contributed by atoms with Gasteiger partial charge < -0.3 is 9.26 Å². The van der Waals surface area contributed by atoms with Gasteiger partial charge in [0.25, 0.3) is 0 Å². The SMILES string of the molecule is CCOC(C)=O.Cc1onc2c1-c1ccccc1C(c1ccc(Cl)cc1)=NC2. The van der Waals surface area contributed by atoms with E-state index < -0.39 is 0 Å². The summed E-state index contributed by atoms with van der Waals surface area (Å²) in [5.74, 6) is 0.618. The van der Waals surface area contributed by atoms with E-state index in [4.69, 9.17) is 21.1 Å². The van der Waals surface area contributed by atoms with Crippen LogP contribution in [-0.2, 0) is 16.1 Å². The molecule has 0 radical (unpaired) electrons. The van der Waals surface area contributed by atoms with Crippen LogP contribution in [0.25, 0.3) is 11.1 Å². The molecule has 0 amide bonds. The monoisotopic (exact) mass is 396 g/mol. The smallest absolute Gasteiger partial charge is 0.302 e. The molecule has 6 heteroatoms. The zero-order chi connectivity index (χ0) is 20.1. The van der Waals surface area contributed by atoms with Crippen molar-refractivity contribution < 1.29 is 14.1 Å². The molecule has 4 rings (SSSR count). The first-order valence-electron chi connectivity index (χ1n) is 9.00. The Morgan fingerprint density at radius 2 is 1.82 bits per heavy atom. The van der Waals surface area contributed by atoms with Crippen LogP contribution in [0.4, 0.5) is 0 Å². The number of carbonyl (C=O) groups is 1. The Morgan fingerprint density at radius 1 is 1.14 bits per heavy atom. The summed E-state index contributed by atoms with van der Waals surface area (Å²) < 4.78 is 9.75. The molecule has 0 saturated heterocycles.